The lowest BCUT2D eigenvalue weighted by Gasteiger charge is -2.66. The van der Waals surface area contributed by atoms with E-state index in [9.17, 15) is 19.8 Å². The van der Waals surface area contributed by atoms with Gasteiger partial charge >= 0.3 is 0 Å². The van der Waals surface area contributed by atoms with Crippen LogP contribution in [0.25, 0.3) is 0 Å². The Kier molecular flexibility index (Phi) is 5.60. The lowest BCUT2D eigenvalue weighted by Crippen LogP contribution is -2.77. The van der Waals surface area contributed by atoms with Crippen LogP contribution in [0.15, 0.2) is 43.0 Å². The highest BCUT2D eigenvalue weighted by Crippen LogP contribution is 2.73. The predicted octanol–water partition coefficient (Wildman–Crippen LogP) is 4.46. The van der Waals surface area contributed by atoms with Crippen LogP contribution in [-0.2, 0) is 19.7 Å². The normalized spacial score (nSPS) is 44.7. The molecule has 7 nitrogen and oxygen atoms in total. The summed E-state index contributed by atoms with van der Waals surface area (Å²) >= 11 is 0. The van der Waals surface area contributed by atoms with Gasteiger partial charge in [-0.1, -0.05) is 39.5 Å². The molecule has 1 amide bonds. The molecule has 4 fully saturated rings. The summed E-state index contributed by atoms with van der Waals surface area (Å²) in [6, 6.07) is 5.63. The number of Topliss-reactive ketones (excluding diaryl/α,β-unsaturated/α-hetero) is 1. The van der Waals surface area contributed by atoms with E-state index in [4.69, 9.17) is 9.47 Å². The summed E-state index contributed by atoms with van der Waals surface area (Å²) < 4.78 is 12.6. The fourth-order valence-corrected chi connectivity index (χ4v) is 8.64. The van der Waals surface area contributed by atoms with Crippen molar-refractivity contribution in [2.24, 2.45) is 16.7 Å². The average molecular weight is 536 g/mol. The van der Waals surface area contributed by atoms with Gasteiger partial charge in [0.2, 0.25) is 5.91 Å². The van der Waals surface area contributed by atoms with Crippen molar-refractivity contribution < 1.29 is 29.3 Å². The summed E-state index contributed by atoms with van der Waals surface area (Å²) in [5, 5.41) is 26.9. The zero-order chi connectivity index (χ0) is 28.3. The van der Waals surface area contributed by atoms with E-state index in [0.29, 0.717) is 36.9 Å². The Labute approximate surface area is 230 Å². The summed E-state index contributed by atoms with van der Waals surface area (Å²) in [6.45, 7) is 17.7. The molecule has 1 aromatic carbocycles. The van der Waals surface area contributed by atoms with Crippen molar-refractivity contribution in [3.8, 4) is 0 Å². The van der Waals surface area contributed by atoms with Crippen molar-refractivity contribution in [1.82, 2.24) is 0 Å². The Morgan fingerprint density at radius 1 is 1.21 bits per heavy atom. The van der Waals surface area contributed by atoms with Gasteiger partial charge in [0, 0.05) is 22.8 Å². The quantitative estimate of drug-likeness (QED) is 0.390. The van der Waals surface area contributed by atoms with Crippen LogP contribution in [0.1, 0.15) is 82.6 Å². The third-order valence-corrected chi connectivity index (χ3v) is 11.6. The van der Waals surface area contributed by atoms with Gasteiger partial charge in [0.1, 0.15) is 23.9 Å². The Morgan fingerprint density at radius 2 is 1.92 bits per heavy atom. The first kappa shape index (κ1) is 26.9. The summed E-state index contributed by atoms with van der Waals surface area (Å²) in [6.07, 6.45) is 1.53. The number of fused-ring (bicyclic) bond motifs is 4. The number of aliphatic hydroxyl groups is 2. The number of hydrogen-bond donors (Lipinski definition) is 3. The molecule has 0 aromatic heterocycles. The molecule has 1 spiro atoms. The molecule has 1 unspecified atom stereocenters. The van der Waals surface area contributed by atoms with Gasteiger partial charge in [0.15, 0.2) is 11.4 Å². The highest BCUT2D eigenvalue weighted by atomic mass is 16.7. The Hall–Kier alpha value is -2.32. The van der Waals surface area contributed by atoms with E-state index in [2.05, 4.69) is 18.5 Å². The number of nitrogens with one attached hydrogen (secondary N) is 1. The summed E-state index contributed by atoms with van der Waals surface area (Å²) in [5.41, 5.74) is -2.15. The number of rotatable bonds is 3. The molecular formula is C32H41NO6. The summed E-state index contributed by atoms with van der Waals surface area (Å²) in [4.78, 5) is 28.1. The fourth-order valence-electron chi connectivity index (χ4n) is 8.64. The van der Waals surface area contributed by atoms with Gasteiger partial charge < -0.3 is 25.0 Å². The third-order valence-electron chi connectivity index (χ3n) is 11.6. The topological polar surface area (TPSA) is 108 Å². The van der Waals surface area contributed by atoms with E-state index in [1.807, 2.05) is 58.9 Å². The number of benzene rings is 1. The number of carbonyl (C=O) groups is 2. The number of carbonyl (C=O) groups excluding carboxylic acids is 2. The van der Waals surface area contributed by atoms with Crippen LogP contribution in [0.4, 0.5) is 5.69 Å². The molecule has 0 bridgehead atoms. The van der Waals surface area contributed by atoms with E-state index >= 15 is 0 Å². The third kappa shape index (κ3) is 3.13. The maximum absolute atomic E-state index is 14.4. The number of epoxide rings is 1. The first-order valence-corrected chi connectivity index (χ1v) is 14.2. The number of hydrogen-bond acceptors (Lipinski definition) is 6. The molecule has 0 radical (unpaired) electrons. The molecule has 9 atom stereocenters. The van der Waals surface area contributed by atoms with Gasteiger partial charge in [-0.3, -0.25) is 9.59 Å². The summed E-state index contributed by atoms with van der Waals surface area (Å²) in [5.74, 6) is -0.457. The Balaban J connectivity index is 1.43. The van der Waals surface area contributed by atoms with Crippen molar-refractivity contribution in [1.29, 1.82) is 0 Å². The Morgan fingerprint density at radius 3 is 2.59 bits per heavy atom. The highest BCUT2D eigenvalue weighted by Gasteiger charge is 2.86. The number of amides is 1. The van der Waals surface area contributed by atoms with Crippen LogP contribution >= 0.6 is 0 Å². The van der Waals surface area contributed by atoms with Gasteiger partial charge in [-0.2, -0.15) is 0 Å². The zero-order valence-electron chi connectivity index (χ0n) is 23.7. The molecule has 1 aromatic rings. The lowest BCUT2D eigenvalue weighted by atomic mass is 9.39. The number of anilines is 1. The second-order valence-electron chi connectivity index (χ2n) is 13.7. The van der Waals surface area contributed by atoms with Crippen molar-refractivity contribution in [2.75, 3.05) is 5.32 Å². The van der Waals surface area contributed by atoms with E-state index in [1.165, 1.54) is 0 Å². The molecule has 7 heteroatoms. The molecule has 3 heterocycles. The van der Waals surface area contributed by atoms with E-state index in [1.54, 1.807) is 0 Å². The number of ketones is 1. The smallest absolute Gasteiger partial charge is 0.231 e. The van der Waals surface area contributed by atoms with Gasteiger partial charge in [-0.05, 0) is 68.7 Å². The lowest BCUT2D eigenvalue weighted by molar-refractivity contribution is -0.276. The molecule has 2 saturated carbocycles. The monoisotopic (exact) mass is 535 g/mol. The van der Waals surface area contributed by atoms with Crippen molar-refractivity contribution in [2.45, 2.75) is 108 Å². The van der Waals surface area contributed by atoms with E-state index < -0.39 is 46.4 Å². The fraction of sp³-hybridized carbons (Fsp3) is 0.625. The number of ether oxygens (including phenoxy) is 2. The molecule has 210 valence electrons. The first-order chi connectivity index (χ1) is 18.2. The van der Waals surface area contributed by atoms with Gasteiger partial charge in [0.05, 0.1) is 17.2 Å². The molecule has 3 aliphatic heterocycles. The maximum atomic E-state index is 14.4. The van der Waals surface area contributed by atoms with Crippen molar-refractivity contribution in [3.05, 3.63) is 54.1 Å². The number of allylic oxidation sites excluding steroid dienone is 1. The summed E-state index contributed by atoms with van der Waals surface area (Å²) in [7, 11) is 0. The maximum Gasteiger partial charge on any atom is 0.231 e. The van der Waals surface area contributed by atoms with E-state index in [-0.39, 0.29) is 29.4 Å². The predicted molar refractivity (Wildman–Crippen MR) is 147 cm³/mol. The Bertz CT molecular complexity index is 1300. The second kappa shape index (κ2) is 8.12. The average Bonchev–Trinajstić information content (AvgIpc) is 3.65. The molecule has 39 heavy (non-hydrogen) atoms. The standard InChI is InChI=1S/C32H41NO6/c1-8-28(4,5)18-9-10-20-21(15-18)33-27(36)30(7)19(16-22(20)34)11-14-31(37)29(30,6)13-12-23-32(31)26(39-32)24(35)25(38-23)17(2)3/h8-10,15,19,23-26,35,37H,1-2,11-14,16H2,3-7H3,(H,33,36)/t19-,23-,24-,25+,26+,29+,30+,31-,32?/m0/s1. The molecule has 6 rings (SSSR count). The number of aliphatic hydroxyl groups excluding tert-OH is 1. The van der Waals surface area contributed by atoms with Gasteiger partial charge in [-0.25, -0.2) is 0 Å². The molecule has 2 aliphatic carbocycles. The van der Waals surface area contributed by atoms with Crippen LogP contribution in [0.2, 0.25) is 0 Å². The molecule has 3 N–H and O–H groups in total. The van der Waals surface area contributed by atoms with Crippen molar-refractivity contribution >= 4 is 17.4 Å². The molecule has 5 aliphatic rings. The SMILES string of the molecule is C=CC(C)(C)c1ccc2c(c1)NC(=O)[C@@]1(C)[C@@H](CC[C@@]3(O)C45O[C@@H]4[C@@H](O)[C@@H](C(=C)C)O[C@H]5CC[C@]13C)CC2=O. The zero-order valence-corrected chi connectivity index (χ0v) is 23.7. The van der Waals surface area contributed by atoms with E-state index in [0.717, 1.165) is 11.1 Å². The largest absolute Gasteiger partial charge is 0.387 e. The molecule has 2 saturated heterocycles. The van der Waals surface area contributed by atoms with Crippen LogP contribution in [-0.4, -0.2) is 57.5 Å². The minimum Gasteiger partial charge on any atom is -0.387 e. The van der Waals surface area contributed by atoms with Gasteiger partial charge in [0.25, 0.3) is 0 Å². The van der Waals surface area contributed by atoms with Crippen LogP contribution in [0.5, 0.6) is 0 Å². The minimum absolute atomic E-state index is 0.00802. The second-order valence-corrected chi connectivity index (χ2v) is 13.7. The molecular weight excluding hydrogens is 494 g/mol. The van der Waals surface area contributed by atoms with Crippen LogP contribution < -0.4 is 5.32 Å². The minimum atomic E-state index is -1.42. The highest BCUT2D eigenvalue weighted by molar-refractivity contribution is 6.08. The van der Waals surface area contributed by atoms with Gasteiger partial charge in [-0.15, -0.1) is 6.58 Å². The van der Waals surface area contributed by atoms with Crippen LogP contribution in [0.3, 0.4) is 0 Å². The van der Waals surface area contributed by atoms with Crippen molar-refractivity contribution in [3.63, 3.8) is 0 Å². The van der Waals surface area contributed by atoms with Crippen LogP contribution in [0, 0.1) is 16.7 Å². The first-order valence-electron chi connectivity index (χ1n) is 14.2.